The number of ketones is 1. The van der Waals surface area contributed by atoms with Crippen LogP contribution < -0.4 is 14.8 Å². The number of benzene rings is 2. The van der Waals surface area contributed by atoms with Crippen LogP contribution in [0.4, 0.5) is 8.78 Å². The molecule has 30 heavy (non-hydrogen) atoms. The van der Waals surface area contributed by atoms with E-state index in [2.05, 4.69) is 5.32 Å². The van der Waals surface area contributed by atoms with Crippen molar-refractivity contribution in [3.8, 4) is 11.5 Å². The zero-order valence-corrected chi connectivity index (χ0v) is 17.0. The van der Waals surface area contributed by atoms with Crippen molar-refractivity contribution >= 4 is 23.3 Å². The lowest BCUT2D eigenvalue weighted by molar-refractivity contribution is -0.164. The Morgan fingerprint density at radius 2 is 1.87 bits per heavy atom. The summed E-state index contributed by atoms with van der Waals surface area (Å²) in [4.78, 5) is 24.8. The van der Waals surface area contributed by atoms with Gasteiger partial charge in [0.25, 0.3) is 5.91 Å². The van der Waals surface area contributed by atoms with Gasteiger partial charge in [-0.25, -0.2) is 8.78 Å². The van der Waals surface area contributed by atoms with E-state index >= 15 is 0 Å². The molecule has 0 aromatic heterocycles. The Kier molecular flexibility index (Phi) is 5.18. The predicted octanol–water partition coefficient (Wildman–Crippen LogP) is 4.32. The van der Waals surface area contributed by atoms with E-state index in [1.807, 2.05) is 0 Å². The van der Waals surface area contributed by atoms with E-state index in [4.69, 9.17) is 21.1 Å². The van der Waals surface area contributed by atoms with E-state index in [-0.39, 0.29) is 57.8 Å². The number of methoxy groups -OCH3 is 1. The largest absolute Gasteiger partial charge is 0.493 e. The maximum atomic E-state index is 13.8. The quantitative estimate of drug-likeness (QED) is 0.627. The number of carbonyl (C=O) groups is 2. The zero-order valence-electron chi connectivity index (χ0n) is 16.3. The Hall–Kier alpha value is -2.67. The van der Waals surface area contributed by atoms with Gasteiger partial charge in [-0.3, -0.25) is 9.59 Å². The molecule has 0 saturated heterocycles. The number of para-hydroxylation sites is 1. The molecule has 2 aromatic carbocycles. The van der Waals surface area contributed by atoms with Gasteiger partial charge in [0.15, 0.2) is 24.0 Å². The number of ether oxygens (including phenoxy) is 2. The predicted molar refractivity (Wildman–Crippen MR) is 106 cm³/mol. The van der Waals surface area contributed by atoms with Crippen LogP contribution in [0.2, 0.25) is 5.02 Å². The number of rotatable bonds is 8. The lowest BCUT2D eigenvalue weighted by Gasteiger charge is -2.70. The van der Waals surface area contributed by atoms with Gasteiger partial charge < -0.3 is 14.8 Å². The average molecular weight is 436 g/mol. The Morgan fingerprint density at radius 3 is 2.53 bits per heavy atom. The Labute approximate surface area is 177 Å². The molecule has 1 amide bonds. The van der Waals surface area contributed by atoms with Crippen molar-refractivity contribution in [3.05, 3.63) is 58.6 Å². The number of amides is 1. The van der Waals surface area contributed by atoms with Crippen LogP contribution in [0.25, 0.3) is 0 Å². The van der Waals surface area contributed by atoms with Gasteiger partial charge in [-0.05, 0) is 48.9 Å². The molecular formula is C22H20ClF2NO4. The molecule has 0 aliphatic heterocycles. The summed E-state index contributed by atoms with van der Waals surface area (Å²) in [5.41, 5.74) is -0.247. The van der Waals surface area contributed by atoms with Crippen molar-refractivity contribution in [2.45, 2.75) is 31.2 Å². The highest BCUT2D eigenvalue weighted by Crippen LogP contribution is 2.69. The molecule has 3 saturated carbocycles. The van der Waals surface area contributed by atoms with E-state index in [1.54, 1.807) is 6.07 Å². The van der Waals surface area contributed by atoms with E-state index < -0.39 is 11.6 Å². The molecule has 0 radical (unpaired) electrons. The normalized spacial score (nSPS) is 23.7. The summed E-state index contributed by atoms with van der Waals surface area (Å²) in [6, 6.07) is 8.27. The summed E-state index contributed by atoms with van der Waals surface area (Å²) in [5.74, 6) is -1.47. The lowest BCUT2D eigenvalue weighted by atomic mass is 9.38. The molecule has 0 unspecified atom stereocenters. The highest BCUT2D eigenvalue weighted by molar-refractivity contribution is 6.30. The van der Waals surface area contributed by atoms with Gasteiger partial charge in [0.1, 0.15) is 11.6 Å². The fraction of sp³-hybridized carbons (Fsp3) is 0.364. The van der Waals surface area contributed by atoms with Gasteiger partial charge in [0.2, 0.25) is 0 Å². The van der Waals surface area contributed by atoms with Crippen molar-refractivity contribution < 1.29 is 27.8 Å². The fourth-order valence-electron chi connectivity index (χ4n) is 4.74. The van der Waals surface area contributed by atoms with Crippen molar-refractivity contribution in [1.82, 2.24) is 5.32 Å². The number of hydrogen-bond donors (Lipinski definition) is 1. The number of nitrogens with one attached hydrogen (secondary N) is 1. The standard InChI is InChI=1S/C22H20ClF2NO4/c1-29-20-14(3-2-4-16(20)24)18(27)8-21-10-22(11-21,12-21)26-19(28)9-30-13-5-6-15(23)17(25)7-13/h2-7H,8-12H2,1H3,(H,26,28). The summed E-state index contributed by atoms with van der Waals surface area (Å²) < 4.78 is 37.6. The second kappa shape index (κ2) is 7.54. The monoisotopic (exact) mass is 435 g/mol. The van der Waals surface area contributed by atoms with Gasteiger partial charge >= 0.3 is 0 Å². The third-order valence-corrected chi connectivity index (χ3v) is 6.12. The van der Waals surface area contributed by atoms with Crippen LogP contribution in [0.15, 0.2) is 36.4 Å². The van der Waals surface area contributed by atoms with Gasteiger partial charge in [0, 0.05) is 18.0 Å². The average Bonchev–Trinajstić information content (AvgIpc) is 2.66. The molecule has 0 spiro atoms. The lowest BCUT2D eigenvalue weighted by Crippen LogP contribution is -2.75. The van der Waals surface area contributed by atoms with Crippen molar-refractivity contribution in [3.63, 3.8) is 0 Å². The molecule has 0 atom stereocenters. The second-order valence-corrected chi connectivity index (χ2v) is 8.55. The van der Waals surface area contributed by atoms with Crippen LogP contribution in [-0.2, 0) is 4.79 Å². The minimum absolute atomic E-state index is 0.0172. The molecule has 3 fully saturated rings. The number of hydrogen-bond acceptors (Lipinski definition) is 4. The maximum absolute atomic E-state index is 13.8. The molecular weight excluding hydrogens is 416 g/mol. The highest BCUT2D eigenvalue weighted by Gasteiger charge is 2.68. The number of halogens is 3. The molecule has 3 aliphatic rings. The Bertz CT molecular complexity index is 1010. The maximum Gasteiger partial charge on any atom is 0.258 e. The highest BCUT2D eigenvalue weighted by atomic mass is 35.5. The SMILES string of the molecule is COc1c(F)cccc1C(=O)CC12CC(NC(=O)COc3ccc(Cl)c(F)c3)(C1)C2. The molecule has 0 heterocycles. The van der Waals surface area contributed by atoms with Gasteiger partial charge in [0.05, 0.1) is 17.7 Å². The Balaban J connectivity index is 1.27. The van der Waals surface area contributed by atoms with Crippen molar-refractivity contribution in [2.75, 3.05) is 13.7 Å². The second-order valence-electron chi connectivity index (χ2n) is 8.14. The van der Waals surface area contributed by atoms with Gasteiger partial charge in [-0.2, -0.15) is 0 Å². The third-order valence-electron chi connectivity index (χ3n) is 5.81. The fourth-order valence-corrected chi connectivity index (χ4v) is 4.85. The summed E-state index contributed by atoms with van der Waals surface area (Å²) in [6.07, 6.45) is 2.34. The van der Waals surface area contributed by atoms with Crippen LogP contribution in [0.3, 0.4) is 0 Å². The zero-order chi connectivity index (χ0) is 21.5. The molecule has 2 aromatic rings. The molecule has 5 nitrogen and oxygen atoms in total. The first-order valence-electron chi connectivity index (χ1n) is 9.49. The van der Waals surface area contributed by atoms with Gasteiger partial charge in [-0.1, -0.05) is 17.7 Å². The molecule has 5 rings (SSSR count). The van der Waals surface area contributed by atoms with Crippen LogP contribution >= 0.6 is 11.6 Å². The molecule has 158 valence electrons. The topological polar surface area (TPSA) is 64.6 Å². The summed E-state index contributed by atoms with van der Waals surface area (Å²) in [7, 11) is 1.33. The van der Waals surface area contributed by atoms with Crippen LogP contribution in [0.5, 0.6) is 11.5 Å². The van der Waals surface area contributed by atoms with Crippen LogP contribution in [0.1, 0.15) is 36.0 Å². The van der Waals surface area contributed by atoms with E-state index in [9.17, 15) is 18.4 Å². The van der Waals surface area contributed by atoms with E-state index in [1.165, 1.54) is 31.4 Å². The first kappa shape index (κ1) is 20.6. The molecule has 8 heteroatoms. The van der Waals surface area contributed by atoms with Crippen molar-refractivity contribution in [1.29, 1.82) is 0 Å². The number of Topliss-reactive ketones (excluding diaryl/α,β-unsaturated/α-hetero) is 1. The molecule has 1 N–H and O–H groups in total. The smallest absolute Gasteiger partial charge is 0.258 e. The summed E-state index contributed by atoms with van der Waals surface area (Å²) in [5, 5.41) is 2.93. The first-order valence-corrected chi connectivity index (χ1v) is 9.87. The Morgan fingerprint density at radius 1 is 1.13 bits per heavy atom. The number of carbonyl (C=O) groups excluding carboxylic acids is 2. The first-order chi connectivity index (χ1) is 14.2. The molecule has 2 bridgehead atoms. The van der Waals surface area contributed by atoms with Crippen LogP contribution in [-0.4, -0.2) is 30.9 Å². The van der Waals surface area contributed by atoms with E-state index in [0.717, 1.165) is 6.07 Å². The third kappa shape index (κ3) is 3.74. The van der Waals surface area contributed by atoms with Crippen molar-refractivity contribution in [2.24, 2.45) is 5.41 Å². The van der Waals surface area contributed by atoms with Gasteiger partial charge in [-0.15, -0.1) is 0 Å². The van der Waals surface area contributed by atoms with Crippen LogP contribution in [0, 0.1) is 17.0 Å². The minimum Gasteiger partial charge on any atom is -0.493 e. The minimum atomic E-state index is -0.615. The summed E-state index contributed by atoms with van der Waals surface area (Å²) >= 11 is 5.62. The molecule has 3 aliphatic carbocycles. The summed E-state index contributed by atoms with van der Waals surface area (Å²) in [6.45, 7) is -0.241. The van der Waals surface area contributed by atoms with E-state index in [0.29, 0.717) is 19.3 Å².